The average molecular weight is 464 g/mol. The summed E-state index contributed by atoms with van der Waals surface area (Å²) in [5.41, 5.74) is 5.41. The van der Waals surface area contributed by atoms with Crippen LogP contribution < -0.4 is 4.74 Å². The van der Waals surface area contributed by atoms with E-state index in [-0.39, 0.29) is 0 Å². The Morgan fingerprint density at radius 2 is 1.88 bits per heavy atom. The quantitative estimate of drug-likeness (QED) is 0.341. The Balaban J connectivity index is 0.000000821. The van der Waals surface area contributed by atoms with Gasteiger partial charge in [-0.3, -0.25) is 0 Å². The molecule has 2 aromatic heterocycles. The molecule has 1 fully saturated rings. The Bertz CT molecular complexity index is 1220. The van der Waals surface area contributed by atoms with Crippen molar-refractivity contribution >= 4 is 33.5 Å². The van der Waals surface area contributed by atoms with Crippen molar-refractivity contribution in [1.29, 1.82) is 0 Å². The number of H-pyrrole nitrogens is 1. The van der Waals surface area contributed by atoms with Gasteiger partial charge in [-0.05, 0) is 75.1 Å². The van der Waals surface area contributed by atoms with Gasteiger partial charge in [0.2, 0.25) is 0 Å². The molecule has 3 heterocycles. The molecular weight excluding hydrogens is 430 g/mol. The van der Waals surface area contributed by atoms with Gasteiger partial charge in [-0.15, -0.1) is 0 Å². The minimum Gasteiger partial charge on any atom is -0.491 e. The minimum absolute atomic E-state index is 0.602. The number of ether oxygens (including phenoxy) is 1. The molecule has 33 heavy (non-hydrogen) atoms. The number of piperidine rings is 1. The number of nitrogens with one attached hydrogen (secondary N) is 1. The smallest absolute Gasteiger partial charge is 0.143 e. The lowest BCUT2D eigenvalue weighted by Gasteiger charge is -2.28. The summed E-state index contributed by atoms with van der Waals surface area (Å²) in [5, 5.41) is 2.78. The summed E-state index contributed by atoms with van der Waals surface area (Å²) < 4.78 is 6.36. The number of aryl methyl sites for hydroxylation is 1. The van der Waals surface area contributed by atoms with Crippen molar-refractivity contribution in [2.45, 2.75) is 40.0 Å². The standard InChI is InChI=1S/C25H26ClN3O.C3H8/c1-16-4-3-5-18(12-16)20-6-7-22(30-15-17-8-10-29(2)11-9-17)24-23(20)21-13-19(26)14-27-25(21)28-24;1-3-2/h3-7,12-14,17H,8-11,15H2,1-2H3,(H,27,28);3H2,1-2H3. The molecule has 174 valence electrons. The predicted octanol–water partition coefficient (Wildman–Crippen LogP) is 7.48. The van der Waals surface area contributed by atoms with E-state index in [9.17, 15) is 0 Å². The van der Waals surface area contributed by atoms with E-state index in [1.807, 2.05) is 6.07 Å². The number of hydrogen-bond donors (Lipinski definition) is 1. The zero-order valence-electron chi connectivity index (χ0n) is 20.1. The molecule has 1 saturated heterocycles. The van der Waals surface area contributed by atoms with Gasteiger partial charge in [0.1, 0.15) is 11.4 Å². The topological polar surface area (TPSA) is 41.1 Å². The molecule has 1 aliphatic rings. The van der Waals surface area contributed by atoms with E-state index in [1.165, 1.54) is 30.4 Å². The summed E-state index contributed by atoms with van der Waals surface area (Å²) in [6.45, 7) is 9.40. The molecule has 5 heteroatoms. The molecule has 0 spiro atoms. The lowest BCUT2D eigenvalue weighted by atomic mass is 9.97. The molecule has 0 saturated carbocycles. The Kier molecular flexibility index (Phi) is 7.56. The monoisotopic (exact) mass is 463 g/mol. The Morgan fingerprint density at radius 1 is 1.12 bits per heavy atom. The van der Waals surface area contributed by atoms with Gasteiger partial charge >= 0.3 is 0 Å². The molecule has 2 aromatic carbocycles. The van der Waals surface area contributed by atoms with Gasteiger partial charge in [0.25, 0.3) is 0 Å². The predicted molar refractivity (Wildman–Crippen MR) is 140 cm³/mol. The first kappa shape index (κ1) is 23.6. The highest BCUT2D eigenvalue weighted by Crippen LogP contribution is 2.39. The SMILES string of the molecule is CCC.Cc1cccc(-c2ccc(OCC3CCN(C)CC3)c3[nH]c4ncc(Cl)cc4c23)c1. The molecule has 5 rings (SSSR count). The number of pyridine rings is 1. The van der Waals surface area contributed by atoms with E-state index in [0.29, 0.717) is 10.9 Å². The maximum absolute atomic E-state index is 6.36. The molecule has 1 aliphatic heterocycles. The van der Waals surface area contributed by atoms with Crippen LogP contribution in [0.2, 0.25) is 5.02 Å². The molecule has 4 nitrogen and oxygen atoms in total. The second-order valence-corrected chi connectivity index (χ2v) is 9.61. The van der Waals surface area contributed by atoms with E-state index < -0.39 is 0 Å². The number of benzene rings is 2. The van der Waals surface area contributed by atoms with Crippen LogP contribution in [0.25, 0.3) is 33.1 Å². The number of aromatic amines is 1. The van der Waals surface area contributed by atoms with Gasteiger partial charge in [-0.2, -0.15) is 0 Å². The maximum atomic E-state index is 6.36. The molecular formula is C28H34ClN3O. The Morgan fingerprint density at radius 3 is 2.61 bits per heavy atom. The minimum atomic E-state index is 0.602. The van der Waals surface area contributed by atoms with Crippen LogP contribution >= 0.6 is 11.6 Å². The summed E-state index contributed by atoms with van der Waals surface area (Å²) in [6.07, 6.45) is 5.31. The number of likely N-dealkylation sites (tertiary alicyclic amines) is 1. The van der Waals surface area contributed by atoms with Gasteiger partial charge < -0.3 is 14.6 Å². The molecule has 0 unspecified atom stereocenters. The van der Waals surface area contributed by atoms with Crippen LogP contribution in [-0.4, -0.2) is 41.6 Å². The van der Waals surface area contributed by atoms with Crippen LogP contribution in [-0.2, 0) is 0 Å². The average Bonchev–Trinajstić information content (AvgIpc) is 3.18. The summed E-state index contributed by atoms with van der Waals surface area (Å²) in [5.74, 6) is 1.49. The van der Waals surface area contributed by atoms with E-state index >= 15 is 0 Å². The maximum Gasteiger partial charge on any atom is 0.143 e. The molecule has 1 N–H and O–H groups in total. The molecule has 0 aliphatic carbocycles. The van der Waals surface area contributed by atoms with Gasteiger partial charge in [0.15, 0.2) is 0 Å². The third-order valence-electron chi connectivity index (χ3n) is 6.18. The molecule has 4 aromatic rings. The first-order chi connectivity index (χ1) is 16.0. The lowest BCUT2D eigenvalue weighted by molar-refractivity contribution is 0.161. The van der Waals surface area contributed by atoms with Crippen LogP contribution in [0, 0.1) is 12.8 Å². The van der Waals surface area contributed by atoms with Crippen molar-refractivity contribution in [3.63, 3.8) is 0 Å². The van der Waals surface area contributed by atoms with Gasteiger partial charge in [0.05, 0.1) is 17.1 Å². The Labute approximate surface area is 201 Å². The first-order valence-corrected chi connectivity index (χ1v) is 12.4. The van der Waals surface area contributed by atoms with Crippen molar-refractivity contribution in [1.82, 2.24) is 14.9 Å². The fourth-order valence-electron chi connectivity index (χ4n) is 4.45. The molecule has 0 radical (unpaired) electrons. The second kappa shape index (κ2) is 10.6. The highest BCUT2D eigenvalue weighted by molar-refractivity contribution is 6.31. The molecule has 0 amide bonds. The number of halogens is 1. The fraction of sp³-hybridized carbons (Fsp3) is 0.393. The zero-order chi connectivity index (χ0) is 23.4. The number of hydrogen-bond acceptors (Lipinski definition) is 3. The van der Waals surface area contributed by atoms with Crippen molar-refractivity contribution in [3.8, 4) is 16.9 Å². The normalized spacial score (nSPS) is 14.9. The summed E-state index contributed by atoms with van der Waals surface area (Å²) in [4.78, 5) is 10.4. The molecule has 0 bridgehead atoms. The van der Waals surface area contributed by atoms with Crippen molar-refractivity contribution in [3.05, 3.63) is 59.2 Å². The van der Waals surface area contributed by atoms with Crippen molar-refractivity contribution < 1.29 is 4.74 Å². The fourth-order valence-corrected chi connectivity index (χ4v) is 4.60. The van der Waals surface area contributed by atoms with Crippen LogP contribution in [0.3, 0.4) is 0 Å². The molecule has 0 atom stereocenters. The van der Waals surface area contributed by atoms with E-state index in [0.717, 1.165) is 52.9 Å². The third kappa shape index (κ3) is 5.34. The van der Waals surface area contributed by atoms with Crippen LogP contribution in [0.15, 0.2) is 48.7 Å². The van der Waals surface area contributed by atoms with E-state index in [2.05, 4.69) is 79.1 Å². The Hall–Kier alpha value is -2.56. The zero-order valence-corrected chi connectivity index (χ0v) is 20.9. The van der Waals surface area contributed by atoms with Gasteiger partial charge in [-0.1, -0.05) is 61.7 Å². The largest absolute Gasteiger partial charge is 0.491 e. The van der Waals surface area contributed by atoms with Crippen molar-refractivity contribution in [2.75, 3.05) is 26.7 Å². The number of nitrogens with zero attached hydrogens (tertiary/aromatic N) is 2. The number of rotatable bonds is 4. The lowest BCUT2D eigenvalue weighted by Crippen LogP contribution is -2.32. The summed E-state index contributed by atoms with van der Waals surface area (Å²) in [7, 11) is 2.19. The third-order valence-corrected chi connectivity index (χ3v) is 6.38. The number of aromatic nitrogens is 2. The van der Waals surface area contributed by atoms with Gasteiger partial charge in [-0.25, -0.2) is 4.98 Å². The van der Waals surface area contributed by atoms with Crippen LogP contribution in [0.5, 0.6) is 5.75 Å². The summed E-state index contributed by atoms with van der Waals surface area (Å²) in [6, 6.07) is 14.8. The first-order valence-electron chi connectivity index (χ1n) is 12.0. The summed E-state index contributed by atoms with van der Waals surface area (Å²) >= 11 is 6.30. The van der Waals surface area contributed by atoms with E-state index in [1.54, 1.807) is 6.20 Å². The van der Waals surface area contributed by atoms with Crippen LogP contribution in [0.4, 0.5) is 0 Å². The number of fused-ring (bicyclic) bond motifs is 3. The highest BCUT2D eigenvalue weighted by atomic mass is 35.5. The highest BCUT2D eigenvalue weighted by Gasteiger charge is 2.20. The van der Waals surface area contributed by atoms with Gasteiger partial charge in [0, 0.05) is 17.0 Å². The second-order valence-electron chi connectivity index (χ2n) is 9.17. The van der Waals surface area contributed by atoms with Crippen LogP contribution in [0.1, 0.15) is 38.7 Å². The van der Waals surface area contributed by atoms with E-state index in [4.69, 9.17) is 16.3 Å². The van der Waals surface area contributed by atoms with Crippen molar-refractivity contribution in [2.24, 2.45) is 5.92 Å².